The van der Waals surface area contributed by atoms with Crippen LogP contribution in [0.2, 0.25) is 0 Å². The molecular formula is C12H14N2OS2. The molecule has 1 heterocycles. The molecule has 0 saturated heterocycles. The average molecular weight is 266 g/mol. The van der Waals surface area contributed by atoms with Crippen molar-refractivity contribution in [1.29, 1.82) is 0 Å². The minimum absolute atomic E-state index is 0.0748. The van der Waals surface area contributed by atoms with Crippen molar-refractivity contribution in [2.45, 2.75) is 10.9 Å². The number of nitrogens with two attached hydrogens (primary N) is 1. The Hall–Kier alpha value is -0.880. The maximum Gasteiger partial charge on any atom is 0.123 e. The number of thioether (sulfide) groups is 1. The van der Waals surface area contributed by atoms with Crippen molar-refractivity contribution in [3.05, 3.63) is 35.3 Å². The molecule has 17 heavy (non-hydrogen) atoms. The van der Waals surface area contributed by atoms with E-state index >= 15 is 0 Å². The molecule has 0 fully saturated rings. The molecule has 1 unspecified atom stereocenters. The van der Waals surface area contributed by atoms with Gasteiger partial charge in [-0.15, -0.1) is 23.1 Å². The number of rotatable bonds is 4. The van der Waals surface area contributed by atoms with Gasteiger partial charge in [0, 0.05) is 15.8 Å². The van der Waals surface area contributed by atoms with Crippen LogP contribution < -0.4 is 5.73 Å². The van der Waals surface area contributed by atoms with Crippen molar-refractivity contribution in [3.8, 4) is 10.6 Å². The SMILES string of the molecule is CSc1ccc(-c2nc(C(N)CO)cs2)cc1. The summed E-state index contributed by atoms with van der Waals surface area (Å²) >= 11 is 3.27. The predicted molar refractivity (Wildman–Crippen MR) is 73.3 cm³/mol. The number of hydrogen-bond acceptors (Lipinski definition) is 5. The Morgan fingerprint density at radius 2 is 2.12 bits per heavy atom. The Bertz CT molecular complexity index is 482. The highest BCUT2D eigenvalue weighted by atomic mass is 32.2. The molecular weight excluding hydrogens is 252 g/mol. The normalized spacial score (nSPS) is 12.6. The topological polar surface area (TPSA) is 59.1 Å². The summed E-state index contributed by atoms with van der Waals surface area (Å²) in [4.78, 5) is 5.67. The van der Waals surface area contributed by atoms with Crippen molar-refractivity contribution in [1.82, 2.24) is 4.98 Å². The smallest absolute Gasteiger partial charge is 0.123 e. The van der Waals surface area contributed by atoms with Crippen LogP contribution in [0, 0.1) is 0 Å². The summed E-state index contributed by atoms with van der Waals surface area (Å²) in [5.41, 5.74) is 7.56. The van der Waals surface area contributed by atoms with Crippen LogP contribution in [0.3, 0.4) is 0 Å². The van der Waals surface area contributed by atoms with Crippen LogP contribution in [0.1, 0.15) is 11.7 Å². The van der Waals surface area contributed by atoms with Gasteiger partial charge in [-0.05, 0) is 18.4 Å². The third kappa shape index (κ3) is 2.87. The van der Waals surface area contributed by atoms with Gasteiger partial charge in [-0.25, -0.2) is 4.98 Å². The van der Waals surface area contributed by atoms with Crippen molar-refractivity contribution < 1.29 is 5.11 Å². The van der Waals surface area contributed by atoms with E-state index in [1.165, 1.54) is 4.90 Å². The Kier molecular flexibility index (Phi) is 4.17. The van der Waals surface area contributed by atoms with Crippen LogP contribution >= 0.6 is 23.1 Å². The molecule has 0 saturated carbocycles. The summed E-state index contributed by atoms with van der Waals surface area (Å²) in [7, 11) is 0. The quantitative estimate of drug-likeness (QED) is 0.835. The molecule has 90 valence electrons. The van der Waals surface area contributed by atoms with Gasteiger partial charge in [0.25, 0.3) is 0 Å². The molecule has 1 aromatic carbocycles. The van der Waals surface area contributed by atoms with E-state index < -0.39 is 0 Å². The number of aliphatic hydroxyl groups excluding tert-OH is 1. The third-order valence-electron chi connectivity index (χ3n) is 2.44. The fraction of sp³-hybridized carbons (Fsp3) is 0.250. The van der Waals surface area contributed by atoms with Gasteiger partial charge < -0.3 is 10.8 Å². The molecule has 0 aliphatic heterocycles. The van der Waals surface area contributed by atoms with Gasteiger partial charge in [-0.1, -0.05) is 12.1 Å². The van der Waals surface area contributed by atoms with E-state index in [9.17, 15) is 0 Å². The summed E-state index contributed by atoms with van der Waals surface area (Å²) in [6, 6.07) is 7.88. The van der Waals surface area contributed by atoms with Crippen LogP contribution in [0.25, 0.3) is 10.6 Å². The molecule has 5 heteroatoms. The summed E-state index contributed by atoms with van der Waals surface area (Å²) in [6.45, 7) is -0.0748. The zero-order valence-corrected chi connectivity index (χ0v) is 11.1. The van der Waals surface area contributed by atoms with E-state index in [2.05, 4.69) is 35.5 Å². The third-order valence-corrected chi connectivity index (χ3v) is 4.09. The number of hydrogen-bond donors (Lipinski definition) is 2. The first-order valence-corrected chi connectivity index (χ1v) is 7.31. The van der Waals surface area contributed by atoms with E-state index in [0.29, 0.717) is 0 Å². The van der Waals surface area contributed by atoms with Crippen molar-refractivity contribution in [2.24, 2.45) is 5.73 Å². The molecule has 3 N–H and O–H groups in total. The van der Waals surface area contributed by atoms with Crippen LogP contribution in [-0.2, 0) is 0 Å². The number of nitrogens with zero attached hydrogens (tertiary/aromatic N) is 1. The molecule has 0 amide bonds. The van der Waals surface area contributed by atoms with Crippen LogP contribution in [0.5, 0.6) is 0 Å². The fourth-order valence-corrected chi connectivity index (χ4v) is 2.71. The van der Waals surface area contributed by atoms with E-state index in [0.717, 1.165) is 16.3 Å². The maximum absolute atomic E-state index is 8.97. The summed E-state index contributed by atoms with van der Waals surface area (Å²) in [6.07, 6.45) is 2.05. The largest absolute Gasteiger partial charge is 0.394 e. The van der Waals surface area contributed by atoms with Gasteiger partial charge in [-0.2, -0.15) is 0 Å². The van der Waals surface area contributed by atoms with Crippen LogP contribution in [-0.4, -0.2) is 23.0 Å². The lowest BCUT2D eigenvalue weighted by Gasteiger charge is -2.02. The van der Waals surface area contributed by atoms with E-state index in [1.807, 2.05) is 5.38 Å². The van der Waals surface area contributed by atoms with Crippen LogP contribution in [0.15, 0.2) is 34.5 Å². The first kappa shape index (κ1) is 12.6. The Morgan fingerprint density at radius 3 is 2.71 bits per heavy atom. The second kappa shape index (κ2) is 5.64. The minimum Gasteiger partial charge on any atom is -0.394 e. The average Bonchev–Trinajstić information content (AvgIpc) is 2.87. The molecule has 0 bridgehead atoms. The number of aromatic nitrogens is 1. The highest BCUT2D eigenvalue weighted by Gasteiger charge is 2.10. The highest BCUT2D eigenvalue weighted by Crippen LogP contribution is 2.27. The lowest BCUT2D eigenvalue weighted by Crippen LogP contribution is -2.14. The number of benzene rings is 1. The lowest BCUT2D eigenvalue weighted by atomic mass is 10.2. The monoisotopic (exact) mass is 266 g/mol. The molecule has 2 rings (SSSR count). The maximum atomic E-state index is 8.97. The Labute approximate surface area is 109 Å². The van der Waals surface area contributed by atoms with Crippen molar-refractivity contribution >= 4 is 23.1 Å². The first-order chi connectivity index (χ1) is 8.24. The van der Waals surface area contributed by atoms with E-state index in [1.54, 1.807) is 23.1 Å². The second-order valence-corrected chi connectivity index (χ2v) is 5.33. The van der Waals surface area contributed by atoms with Crippen molar-refractivity contribution in [3.63, 3.8) is 0 Å². The summed E-state index contributed by atoms with van der Waals surface area (Å²) in [5, 5.41) is 11.8. The fourth-order valence-electron chi connectivity index (χ4n) is 1.42. The van der Waals surface area contributed by atoms with Crippen molar-refractivity contribution in [2.75, 3.05) is 12.9 Å². The number of thiazole rings is 1. The lowest BCUT2D eigenvalue weighted by molar-refractivity contribution is 0.266. The highest BCUT2D eigenvalue weighted by molar-refractivity contribution is 7.98. The summed E-state index contributed by atoms with van der Waals surface area (Å²) < 4.78 is 0. The van der Waals surface area contributed by atoms with Gasteiger partial charge in [0.15, 0.2) is 0 Å². The second-order valence-electron chi connectivity index (χ2n) is 3.60. The van der Waals surface area contributed by atoms with Gasteiger partial charge >= 0.3 is 0 Å². The molecule has 1 atom stereocenters. The zero-order valence-electron chi connectivity index (χ0n) is 9.46. The molecule has 0 spiro atoms. The van der Waals surface area contributed by atoms with E-state index in [4.69, 9.17) is 10.8 Å². The summed E-state index contributed by atoms with van der Waals surface area (Å²) in [5.74, 6) is 0. The zero-order chi connectivity index (χ0) is 12.3. The molecule has 2 aromatic rings. The van der Waals surface area contributed by atoms with Crippen LogP contribution in [0.4, 0.5) is 0 Å². The Morgan fingerprint density at radius 1 is 1.41 bits per heavy atom. The van der Waals surface area contributed by atoms with Gasteiger partial charge in [0.05, 0.1) is 18.3 Å². The van der Waals surface area contributed by atoms with Gasteiger partial charge in [0.2, 0.25) is 0 Å². The first-order valence-electron chi connectivity index (χ1n) is 5.21. The molecule has 0 aliphatic carbocycles. The Balaban J connectivity index is 2.24. The minimum atomic E-state index is -0.384. The molecule has 1 aromatic heterocycles. The van der Waals surface area contributed by atoms with Gasteiger partial charge in [0.1, 0.15) is 5.01 Å². The molecule has 3 nitrogen and oxygen atoms in total. The van der Waals surface area contributed by atoms with E-state index in [-0.39, 0.29) is 12.6 Å². The predicted octanol–water partition coefficient (Wildman–Crippen LogP) is 2.52. The number of aliphatic hydroxyl groups is 1. The van der Waals surface area contributed by atoms with Gasteiger partial charge in [-0.3, -0.25) is 0 Å². The molecule has 0 aliphatic rings. The standard InChI is InChI=1S/C12H14N2OS2/c1-16-9-4-2-8(3-5-9)12-14-11(7-17-12)10(13)6-15/h2-5,7,10,15H,6,13H2,1H3. The molecule has 0 radical (unpaired) electrons.